The molecule has 5 heterocycles. The lowest BCUT2D eigenvalue weighted by Crippen LogP contribution is -2.73. The summed E-state index contributed by atoms with van der Waals surface area (Å²) in [5.74, 6) is 2.57. The predicted octanol–water partition coefficient (Wildman–Crippen LogP) is 2.72. The number of anilines is 2. The lowest BCUT2D eigenvalue weighted by atomic mass is 9.73. The standard InChI is InChI=1S/C24H24ClN9/c1-16-4-7-27-21(28-16)31-12-23(13-31)14-32(15-23)22-30-29-20-10-33(24(11-26)5-6-24)9-17-8-18(25)2-3-19(17)34(20)22/h2-4,7-8H,5-6,9-10,12-15H2,1H3. The summed E-state index contributed by atoms with van der Waals surface area (Å²) in [4.78, 5) is 15.8. The van der Waals surface area contributed by atoms with E-state index in [0.717, 1.165) is 73.7 Å². The Morgan fingerprint density at radius 1 is 1.03 bits per heavy atom. The summed E-state index contributed by atoms with van der Waals surface area (Å²) < 4.78 is 2.17. The molecule has 9 nitrogen and oxygen atoms in total. The zero-order chi connectivity index (χ0) is 23.1. The van der Waals surface area contributed by atoms with Crippen molar-refractivity contribution in [3.8, 4) is 11.8 Å². The van der Waals surface area contributed by atoms with E-state index >= 15 is 0 Å². The largest absolute Gasteiger partial charge is 0.339 e. The highest BCUT2D eigenvalue weighted by atomic mass is 35.5. The number of nitriles is 1. The Bertz CT molecular complexity index is 1340. The van der Waals surface area contributed by atoms with Gasteiger partial charge >= 0.3 is 0 Å². The first-order valence-electron chi connectivity index (χ1n) is 11.7. The van der Waals surface area contributed by atoms with Crippen molar-refractivity contribution in [3.05, 3.63) is 52.6 Å². The van der Waals surface area contributed by atoms with Gasteiger partial charge in [-0.3, -0.25) is 9.47 Å². The summed E-state index contributed by atoms with van der Waals surface area (Å²) in [5, 5.41) is 19.7. The molecular formula is C24H24ClN9. The van der Waals surface area contributed by atoms with Crippen LogP contribution in [0, 0.1) is 23.7 Å². The fourth-order valence-electron chi connectivity index (χ4n) is 5.71. The molecule has 0 amide bonds. The second-order valence-corrected chi connectivity index (χ2v) is 10.7. The molecule has 1 spiro atoms. The summed E-state index contributed by atoms with van der Waals surface area (Å²) in [6.45, 7) is 7.06. The van der Waals surface area contributed by atoms with Crippen molar-refractivity contribution in [3.63, 3.8) is 0 Å². The smallest absolute Gasteiger partial charge is 0.231 e. The van der Waals surface area contributed by atoms with Gasteiger partial charge in [0.2, 0.25) is 11.9 Å². The van der Waals surface area contributed by atoms with Crippen molar-refractivity contribution in [2.45, 2.75) is 38.4 Å². The van der Waals surface area contributed by atoms with E-state index < -0.39 is 5.54 Å². The number of rotatable bonds is 3. The number of aromatic nitrogens is 5. The Kier molecular flexibility index (Phi) is 4.10. The van der Waals surface area contributed by atoms with Crippen molar-refractivity contribution < 1.29 is 0 Å². The van der Waals surface area contributed by atoms with Gasteiger partial charge in [-0.05, 0) is 49.6 Å². The Morgan fingerprint density at radius 3 is 2.56 bits per heavy atom. The van der Waals surface area contributed by atoms with Crippen LogP contribution in [0.4, 0.5) is 11.9 Å². The van der Waals surface area contributed by atoms with Gasteiger partial charge in [-0.1, -0.05) is 11.6 Å². The average molecular weight is 474 g/mol. The highest BCUT2D eigenvalue weighted by molar-refractivity contribution is 6.30. The molecule has 0 bridgehead atoms. The van der Waals surface area contributed by atoms with E-state index in [1.165, 1.54) is 0 Å². The first-order chi connectivity index (χ1) is 16.5. The first kappa shape index (κ1) is 20.2. The number of hydrogen-bond acceptors (Lipinski definition) is 8. The molecule has 0 atom stereocenters. The molecule has 0 radical (unpaired) electrons. The van der Waals surface area contributed by atoms with Crippen LogP contribution in [0.15, 0.2) is 30.5 Å². The summed E-state index contributed by atoms with van der Waals surface area (Å²) in [7, 11) is 0. The van der Waals surface area contributed by atoms with Crippen LogP contribution >= 0.6 is 11.6 Å². The summed E-state index contributed by atoms with van der Waals surface area (Å²) in [6.07, 6.45) is 3.62. The third-order valence-electron chi connectivity index (χ3n) is 7.68. The van der Waals surface area contributed by atoms with Crippen LogP contribution in [0.2, 0.25) is 5.02 Å². The van der Waals surface area contributed by atoms with Crippen LogP contribution in [-0.2, 0) is 13.1 Å². The van der Waals surface area contributed by atoms with Crippen LogP contribution in [0.1, 0.15) is 29.9 Å². The monoisotopic (exact) mass is 473 g/mol. The third kappa shape index (κ3) is 2.95. The third-order valence-corrected chi connectivity index (χ3v) is 7.91. The fraction of sp³-hybridized carbons (Fsp3) is 0.458. The van der Waals surface area contributed by atoms with Gasteiger partial charge in [0.25, 0.3) is 0 Å². The van der Waals surface area contributed by atoms with Crippen molar-refractivity contribution >= 4 is 23.5 Å². The molecule has 172 valence electrons. The second-order valence-electron chi connectivity index (χ2n) is 10.2. The molecule has 7 rings (SSSR count). The summed E-state index contributed by atoms with van der Waals surface area (Å²) in [5.41, 5.74) is 3.01. The zero-order valence-corrected chi connectivity index (χ0v) is 19.7. The van der Waals surface area contributed by atoms with Crippen molar-refractivity contribution in [2.24, 2.45) is 5.41 Å². The van der Waals surface area contributed by atoms with Gasteiger partial charge in [0.1, 0.15) is 5.54 Å². The van der Waals surface area contributed by atoms with Gasteiger partial charge in [-0.15, -0.1) is 10.2 Å². The van der Waals surface area contributed by atoms with Crippen LogP contribution in [0.25, 0.3) is 5.69 Å². The zero-order valence-electron chi connectivity index (χ0n) is 18.9. The van der Waals surface area contributed by atoms with E-state index in [1.807, 2.05) is 31.3 Å². The van der Waals surface area contributed by atoms with Gasteiger partial charge in [0.05, 0.1) is 18.3 Å². The maximum Gasteiger partial charge on any atom is 0.231 e. The Balaban J connectivity index is 1.16. The van der Waals surface area contributed by atoms with Crippen molar-refractivity contribution in [2.75, 3.05) is 36.0 Å². The maximum absolute atomic E-state index is 9.82. The topological polar surface area (TPSA) is 90.0 Å². The van der Waals surface area contributed by atoms with E-state index in [0.29, 0.717) is 18.1 Å². The molecule has 2 aromatic heterocycles. The summed E-state index contributed by atoms with van der Waals surface area (Å²) in [6, 6.07) is 10.4. The van der Waals surface area contributed by atoms with E-state index in [4.69, 9.17) is 11.6 Å². The molecule has 10 heteroatoms. The van der Waals surface area contributed by atoms with Gasteiger partial charge in [0.15, 0.2) is 5.82 Å². The Labute approximate surface area is 202 Å². The van der Waals surface area contributed by atoms with Gasteiger partial charge in [-0.25, -0.2) is 9.97 Å². The number of fused-ring (bicyclic) bond motifs is 3. The molecule has 0 unspecified atom stereocenters. The minimum atomic E-state index is -0.394. The van der Waals surface area contributed by atoms with E-state index in [-0.39, 0.29) is 5.41 Å². The number of aryl methyl sites for hydroxylation is 1. The normalized spacial score (nSPS) is 21.7. The van der Waals surface area contributed by atoms with Crippen molar-refractivity contribution in [1.29, 1.82) is 5.26 Å². The maximum atomic E-state index is 9.82. The van der Waals surface area contributed by atoms with Crippen LogP contribution in [0.3, 0.4) is 0 Å². The molecule has 1 saturated carbocycles. The minimum Gasteiger partial charge on any atom is -0.339 e. The lowest BCUT2D eigenvalue weighted by Gasteiger charge is -2.60. The Hall–Kier alpha value is -3.22. The van der Waals surface area contributed by atoms with Gasteiger partial charge in [0, 0.05) is 55.1 Å². The second kappa shape index (κ2) is 6.90. The first-order valence-corrected chi connectivity index (χ1v) is 12.0. The fourth-order valence-corrected chi connectivity index (χ4v) is 5.90. The number of nitrogens with zero attached hydrogens (tertiary/aromatic N) is 9. The minimum absolute atomic E-state index is 0.248. The van der Waals surface area contributed by atoms with Crippen LogP contribution in [0.5, 0.6) is 0 Å². The average Bonchev–Trinajstić information content (AvgIpc) is 3.50. The molecule has 0 N–H and O–H groups in total. The highest BCUT2D eigenvalue weighted by Gasteiger charge is 2.54. The SMILES string of the molecule is Cc1ccnc(N2CC3(C2)CN(c2nnc4n2-c2ccc(Cl)cc2CN(C2(C#N)CC2)C4)C3)n1. The predicted molar refractivity (Wildman–Crippen MR) is 127 cm³/mol. The number of halogens is 1. The molecule has 4 aliphatic rings. The molecule has 2 saturated heterocycles. The molecule has 3 fully saturated rings. The lowest BCUT2D eigenvalue weighted by molar-refractivity contribution is 0.152. The Morgan fingerprint density at radius 2 is 1.82 bits per heavy atom. The quantitative estimate of drug-likeness (QED) is 0.573. The highest BCUT2D eigenvalue weighted by Crippen LogP contribution is 2.46. The van der Waals surface area contributed by atoms with E-state index in [1.54, 1.807) is 0 Å². The van der Waals surface area contributed by atoms with Gasteiger partial charge < -0.3 is 9.80 Å². The number of hydrogen-bond donors (Lipinski definition) is 0. The molecule has 3 aliphatic heterocycles. The molecule has 34 heavy (non-hydrogen) atoms. The molecule has 1 aliphatic carbocycles. The van der Waals surface area contributed by atoms with Crippen molar-refractivity contribution in [1.82, 2.24) is 29.6 Å². The number of benzene rings is 1. The van der Waals surface area contributed by atoms with Crippen LogP contribution < -0.4 is 9.80 Å². The molecule has 3 aromatic rings. The van der Waals surface area contributed by atoms with E-state index in [2.05, 4.69) is 51.6 Å². The van der Waals surface area contributed by atoms with Crippen LogP contribution in [-0.4, -0.2) is 61.4 Å². The van der Waals surface area contributed by atoms with Gasteiger partial charge in [-0.2, -0.15) is 5.26 Å². The molecule has 1 aromatic carbocycles. The summed E-state index contributed by atoms with van der Waals surface area (Å²) >= 11 is 6.37. The molecular weight excluding hydrogens is 450 g/mol. The van der Waals surface area contributed by atoms with E-state index in [9.17, 15) is 5.26 Å².